The number of benzene rings is 1. The van der Waals surface area contributed by atoms with Crippen molar-refractivity contribution in [2.45, 2.75) is 44.1 Å². The van der Waals surface area contributed by atoms with E-state index < -0.39 is 24.0 Å². The van der Waals surface area contributed by atoms with Crippen LogP contribution in [0.15, 0.2) is 24.4 Å². The molecule has 1 N–H and O–H groups in total. The molecule has 2 aliphatic rings. The summed E-state index contributed by atoms with van der Waals surface area (Å²) >= 11 is 0. The first-order valence-electron chi connectivity index (χ1n) is 9.07. The number of pyridine rings is 1. The van der Waals surface area contributed by atoms with Crippen molar-refractivity contribution in [2.75, 3.05) is 13.2 Å². The first-order valence-corrected chi connectivity index (χ1v) is 9.07. The number of fused-ring (bicyclic) bond motifs is 1. The van der Waals surface area contributed by atoms with Crippen molar-refractivity contribution in [1.82, 2.24) is 10.3 Å². The predicted octanol–water partition coefficient (Wildman–Crippen LogP) is 3.64. The lowest BCUT2D eigenvalue weighted by Gasteiger charge is -2.35. The van der Waals surface area contributed by atoms with Gasteiger partial charge in [0.2, 0.25) is 0 Å². The molecule has 0 atom stereocenters. The molecule has 1 aliphatic heterocycles. The summed E-state index contributed by atoms with van der Waals surface area (Å²) in [7, 11) is 0. The average molecular weight is 398 g/mol. The summed E-state index contributed by atoms with van der Waals surface area (Å²) in [6, 6.07) is 3.57. The van der Waals surface area contributed by atoms with E-state index in [9.17, 15) is 18.0 Å². The molecule has 6 nitrogen and oxygen atoms in total. The number of hydrogen-bond donors (Lipinski definition) is 1. The van der Waals surface area contributed by atoms with Gasteiger partial charge in [0.1, 0.15) is 0 Å². The Kier molecular flexibility index (Phi) is 5.11. The second kappa shape index (κ2) is 7.56. The molecule has 9 heteroatoms. The van der Waals surface area contributed by atoms with Crippen molar-refractivity contribution in [3.63, 3.8) is 0 Å². The van der Waals surface area contributed by atoms with Crippen molar-refractivity contribution >= 4 is 16.8 Å². The van der Waals surface area contributed by atoms with E-state index in [1.807, 2.05) is 0 Å². The normalized spacial score (nSPS) is 19.4. The minimum atomic E-state index is -3.13. The Morgan fingerprint density at radius 2 is 1.96 bits per heavy atom. The Morgan fingerprint density at radius 3 is 2.64 bits per heavy atom. The van der Waals surface area contributed by atoms with Gasteiger partial charge in [-0.05, 0) is 25.0 Å². The van der Waals surface area contributed by atoms with Gasteiger partial charge in [-0.2, -0.15) is 8.78 Å². The van der Waals surface area contributed by atoms with Crippen LogP contribution in [0.5, 0.6) is 5.75 Å². The Morgan fingerprint density at radius 1 is 1.25 bits per heavy atom. The van der Waals surface area contributed by atoms with E-state index in [0.29, 0.717) is 31.4 Å². The number of carbonyl (C=O) groups is 1. The molecule has 1 saturated heterocycles. The van der Waals surface area contributed by atoms with Crippen LogP contribution in [0.2, 0.25) is 0 Å². The summed E-state index contributed by atoms with van der Waals surface area (Å²) in [6.45, 7) is -1.94. The minimum absolute atomic E-state index is 0. The maximum atomic E-state index is 13.9. The average Bonchev–Trinajstić information content (AvgIpc) is 3.12. The Balaban J connectivity index is 0.00000240. The number of amides is 1. The van der Waals surface area contributed by atoms with E-state index in [-0.39, 0.29) is 24.5 Å². The Hall–Kier alpha value is -2.39. The third-order valence-corrected chi connectivity index (χ3v) is 5.11. The van der Waals surface area contributed by atoms with Gasteiger partial charge >= 0.3 is 6.61 Å². The van der Waals surface area contributed by atoms with Crippen molar-refractivity contribution < 1.29 is 33.6 Å². The zero-order valence-electron chi connectivity index (χ0n) is 14.9. The number of halogens is 3. The smallest absolute Gasteiger partial charge is 0.387 e. The van der Waals surface area contributed by atoms with Gasteiger partial charge in [0.25, 0.3) is 5.91 Å². The molecule has 1 saturated carbocycles. The first kappa shape index (κ1) is 18.9. The van der Waals surface area contributed by atoms with Gasteiger partial charge in [-0.25, -0.2) is 4.39 Å². The van der Waals surface area contributed by atoms with Crippen LogP contribution in [-0.2, 0) is 9.47 Å². The first-order chi connectivity index (χ1) is 13.4. The summed E-state index contributed by atoms with van der Waals surface area (Å²) in [4.78, 5) is 16.6. The molecule has 2 fully saturated rings. The molecule has 0 unspecified atom stereocenters. The molecule has 0 bridgehead atoms. The van der Waals surface area contributed by atoms with Crippen LogP contribution < -0.4 is 10.1 Å². The summed E-state index contributed by atoms with van der Waals surface area (Å²) in [5.41, 5.74) is 0.520. The molecule has 152 valence electrons. The Bertz CT molecular complexity index is 883. The van der Waals surface area contributed by atoms with Gasteiger partial charge < -0.3 is 19.5 Å². The predicted molar refractivity (Wildman–Crippen MR) is 94.8 cm³/mol. The lowest BCUT2D eigenvalue weighted by atomic mass is 9.90. The summed E-state index contributed by atoms with van der Waals surface area (Å²) < 4.78 is 54.0. The van der Waals surface area contributed by atoms with E-state index >= 15 is 0 Å². The summed E-state index contributed by atoms with van der Waals surface area (Å²) in [5.74, 6) is -2.35. The minimum Gasteiger partial charge on any atom is -0.432 e. The van der Waals surface area contributed by atoms with Crippen molar-refractivity contribution in [3.05, 3.63) is 35.8 Å². The van der Waals surface area contributed by atoms with Crippen LogP contribution in [0.25, 0.3) is 10.9 Å². The molecule has 28 heavy (non-hydrogen) atoms. The largest absolute Gasteiger partial charge is 0.432 e. The van der Waals surface area contributed by atoms with E-state index in [2.05, 4.69) is 15.0 Å². The zero-order valence-corrected chi connectivity index (χ0v) is 14.9. The van der Waals surface area contributed by atoms with E-state index in [4.69, 9.17) is 9.47 Å². The van der Waals surface area contributed by atoms with E-state index in [1.165, 1.54) is 12.3 Å². The molecule has 1 aliphatic carbocycles. The number of aromatic nitrogens is 1. The lowest BCUT2D eigenvalue weighted by molar-refractivity contribution is -0.179. The summed E-state index contributed by atoms with van der Waals surface area (Å²) in [5, 5.41) is 3.27. The lowest BCUT2D eigenvalue weighted by Crippen LogP contribution is -2.44. The third kappa shape index (κ3) is 3.90. The molecule has 2 heterocycles. The Labute approximate surface area is 160 Å². The fourth-order valence-electron chi connectivity index (χ4n) is 3.70. The van der Waals surface area contributed by atoms with Crippen LogP contribution >= 0.6 is 0 Å². The fourth-order valence-corrected chi connectivity index (χ4v) is 3.70. The van der Waals surface area contributed by atoms with Crippen LogP contribution in [0.4, 0.5) is 13.2 Å². The van der Waals surface area contributed by atoms with Crippen molar-refractivity contribution in [1.29, 1.82) is 0 Å². The molecular weight excluding hydrogens is 377 g/mol. The number of nitrogens with one attached hydrogen (secondary N) is 1. The van der Waals surface area contributed by atoms with Gasteiger partial charge in [-0.1, -0.05) is 0 Å². The number of alkyl halides is 2. The standard InChI is InChI=1S/C19H19F3N2O4.H2/c20-14-8-11-7-12(10-23-15(11)9-16(14)28-18(21)22)17(25)24-13-1-3-19(4-2-13)26-5-6-27-19;/h7-10,13,18H,1-6H2,(H,24,25);1H. The molecule has 1 spiro atoms. The number of carbonyl (C=O) groups excluding carboxylic acids is 1. The highest BCUT2D eigenvalue weighted by Gasteiger charge is 2.40. The maximum absolute atomic E-state index is 13.9. The monoisotopic (exact) mass is 398 g/mol. The van der Waals surface area contributed by atoms with E-state index in [1.54, 1.807) is 0 Å². The topological polar surface area (TPSA) is 69.7 Å². The van der Waals surface area contributed by atoms with Gasteiger partial charge in [-0.3, -0.25) is 9.78 Å². The number of nitrogens with zero attached hydrogens (tertiary/aromatic N) is 1. The molecule has 1 amide bonds. The van der Waals surface area contributed by atoms with Crippen molar-refractivity contribution in [3.8, 4) is 5.75 Å². The number of ether oxygens (including phenoxy) is 3. The van der Waals surface area contributed by atoms with Crippen LogP contribution in [0.3, 0.4) is 0 Å². The van der Waals surface area contributed by atoms with Gasteiger partial charge in [0.05, 0.1) is 24.3 Å². The van der Waals surface area contributed by atoms with Gasteiger partial charge in [-0.15, -0.1) is 0 Å². The molecule has 0 radical (unpaired) electrons. The third-order valence-electron chi connectivity index (χ3n) is 5.11. The highest BCUT2D eigenvalue weighted by atomic mass is 19.3. The molecule has 1 aromatic carbocycles. The molecule has 2 aromatic rings. The molecule has 1 aromatic heterocycles. The van der Waals surface area contributed by atoms with Gasteiger partial charge in [0, 0.05) is 38.0 Å². The highest BCUT2D eigenvalue weighted by Crippen LogP contribution is 2.35. The maximum Gasteiger partial charge on any atom is 0.387 e. The highest BCUT2D eigenvalue weighted by molar-refractivity contribution is 5.97. The van der Waals surface area contributed by atoms with Crippen LogP contribution in [0, 0.1) is 5.82 Å². The number of hydrogen-bond acceptors (Lipinski definition) is 5. The number of rotatable bonds is 4. The second-order valence-electron chi connectivity index (χ2n) is 6.93. The van der Waals surface area contributed by atoms with E-state index in [0.717, 1.165) is 25.0 Å². The van der Waals surface area contributed by atoms with Gasteiger partial charge in [0.15, 0.2) is 17.4 Å². The quantitative estimate of drug-likeness (QED) is 0.852. The molecule has 4 rings (SSSR count). The van der Waals surface area contributed by atoms with Crippen LogP contribution in [0.1, 0.15) is 37.5 Å². The van der Waals surface area contributed by atoms with Crippen molar-refractivity contribution in [2.24, 2.45) is 0 Å². The van der Waals surface area contributed by atoms with Crippen LogP contribution in [-0.4, -0.2) is 42.5 Å². The zero-order chi connectivity index (χ0) is 19.7. The molecular formula is C19H21F3N2O4. The SMILES string of the molecule is O=C(NC1CCC2(CC1)OCCO2)c1cnc2cc(OC(F)F)c(F)cc2c1.[HH]. The fraction of sp³-hybridized carbons (Fsp3) is 0.474. The summed E-state index contributed by atoms with van der Waals surface area (Å²) in [6.07, 6.45) is 4.22. The second-order valence-corrected chi connectivity index (χ2v) is 6.93.